The van der Waals surface area contributed by atoms with Crippen molar-refractivity contribution in [3.8, 4) is 0 Å². The van der Waals surface area contributed by atoms with Crippen LogP contribution in [0.25, 0.3) is 0 Å². The molecule has 1 heterocycles. The number of carbonyl (C=O) groups is 1. The van der Waals surface area contributed by atoms with Crippen molar-refractivity contribution in [3.05, 3.63) is 15.6 Å². The van der Waals surface area contributed by atoms with Gasteiger partial charge in [-0.1, -0.05) is 0 Å². The van der Waals surface area contributed by atoms with Crippen LogP contribution in [0.1, 0.15) is 26.8 Å². The van der Waals surface area contributed by atoms with Crippen LogP contribution in [-0.2, 0) is 12.6 Å². The molecule has 0 spiro atoms. The number of aliphatic hydroxyl groups is 1. The quantitative estimate of drug-likeness (QED) is 0.746. The van der Waals surface area contributed by atoms with Gasteiger partial charge in [0.1, 0.15) is 0 Å². The van der Waals surface area contributed by atoms with Gasteiger partial charge in [-0.05, 0) is 0 Å². The number of hydrogen-bond acceptors (Lipinski definition) is 4. The molecule has 0 radical (unpaired) electrons. The van der Waals surface area contributed by atoms with E-state index in [0.717, 1.165) is 0 Å². The number of carbonyl (C=O) groups excluding carboxylic acids is 1. The first-order chi connectivity index (χ1) is 6.88. The number of aromatic nitrogens is 1. The molecule has 1 N–H and O–H groups in total. The maximum absolute atomic E-state index is 12.3. The summed E-state index contributed by atoms with van der Waals surface area (Å²) in [5, 5.41) is 8.18. The maximum atomic E-state index is 12.3. The molecular formula is C8H6F3NO2S. The zero-order valence-electron chi connectivity index (χ0n) is 7.34. The largest absolute Gasteiger partial charge is 0.443 e. The van der Waals surface area contributed by atoms with Crippen molar-refractivity contribution in [1.29, 1.82) is 0 Å². The molecule has 0 amide bonds. The Morgan fingerprint density at radius 3 is 2.67 bits per heavy atom. The average molecular weight is 237 g/mol. The Bertz CT molecular complexity index is 413. The Kier molecular flexibility index (Phi) is 2.31. The molecule has 15 heavy (non-hydrogen) atoms. The second kappa shape index (κ2) is 3.28. The SMILES string of the molecule is O=C1CC(O)Cc2nc(C(F)(F)F)sc21. The molecule has 1 atom stereocenters. The smallest absolute Gasteiger partial charge is 0.392 e. The van der Waals surface area contributed by atoms with Crippen molar-refractivity contribution in [2.75, 3.05) is 0 Å². The Labute approximate surface area is 86.6 Å². The van der Waals surface area contributed by atoms with Crippen molar-refractivity contribution in [3.63, 3.8) is 0 Å². The number of rotatable bonds is 0. The van der Waals surface area contributed by atoms with Gasteiger partial charge in [0, 0.05) is 12.8 Å². The second-order valence-electron chi connectivity index (χ2n) is 3.28. The first-order valence-corrected chi connectivity index (χ1v) is 4.97. The molecule has 0 bridgehead atoms. The molecule has 1 unspecified atom stereocenters. The van der Waals surface area contributed by atoms with Gasteiger partial charge in [-0.25, -0.2) is 4.98 Å². The molecule has 2 rings (SSSR count). The van der Waals surface area contributed by atoms with Crippen LogP contribution in [-0.4, -0.2) is 22.0 Å². The van der Waals surface area contributed by atoms with Gasteiger partial charge < -0.3 is 5.11 Å². The fourth-order valence-corrected chi connectivity index (χ4v) is 2.34. The van der Waals surface area contributed by atoms with Gasteiger partial charge in [-0.3, -0.25) is 4.79 Å². The summed E-state index contributed by atoms with van der Waals surface area (Å²) in [4.78, 5) is 14.6. The van der Waals surface area contributed by atoms with Gasteiger partial charge in [0.25, 0.3) is 0 Å². The summed E-state index contributed by atoms with van der Waals surface area (Å²) >= 11 is 0.356. The lowest BCUT2D eigenvalue weighted by Gasteiger charge is -2.13. The van der Waals surface area contributed by atoms with Crippen LogP contribution in [0.2, 0.25) is 0 Å². The number of Topliss-reactive ketones (excluding diaryl/α,β-unsaturated/α-hetero) is 1. The van der Waals surface area contributed by atoms with Crippen LogP contribution < -0.4 is 0 Å². The Balaban J connectivity index is 2.44. The zero-order chi connectivity index (χ0) is 11.2. The van der Waals surface area contributed by atoms with Crippen molar-refractivity contribution in [1.82, 2.24) is 4.98 Å². The molecule has 1 aliphatic rings. The highest BCUT2D eigenvalue weighted by molar-refractivity contribution is 7.14. The van der Waals surface area contributed by atoms with E-state index in [1.54, 1.807) is 0 Å². The van der Waals surface area contributed by atoms with Gasteiger partial charge in [-0.2, -0.15) is 13.2 Å². The Morgan fingerprint density at radius 2 is 2.07 bits per heavy atom. The summed E-state index contributed by atoms with van der Waals surface area (Å²) < 4.78 is 36.8. The third-order valence-corrected chi connectivity index (χ3v) is 3.23. The minimum atomic E-state index is -4.52. The second-order valence-corrected chi connectivity index (χ2v) is 4.28. The predicted octanol–water partition coefficient (Wildman–Crippen LogP) is 1.65. The molecule has 7 heteroatoms. The number of ketones is 1. The summed E-state index contributed by atoms with van der Waals surface area (Å²) in [6.45, 7) is 0. The van der Waals surface area contributed by atoms with Crippen molar-refractivity contribution < 1.29 is 23.1 Å². The summed E-state index contributed by atoms with van der Waals surface area (Å²) in [6, 6.07) is 0. The summed E-state index contributed by atoms with van der Waals surface area (Å²) in [6.07, 6.45) is -5.53. The third-order valence-electron chi connectivity index (χ3n) is 2.04. The van der Waals surface area contributed by atoms with Gasteiger partial charge in [0.2, 0.25) is 0 Å². The summed E-state index contributed by atoms with van der Waals surface area (Å²) in [7, 11) is 0. The highest BCUT2D eigenvalue weighted by atomic mass is 32.1. The van der Waals surface area contributed by atoms with Crippen LogP contribution in [0.15, 0.2) is 0 Å². The topological polar surface area (TPSA) is 50.2 Å². The number of thiazole rings is 1. The maximum Gasteiger partial charge on any atom is 0.443 e. The Hall–Kier alpha value is -0.950. The van der Waals surface area contributed by atoms with E-state index < -0.39 is 23.1 Å². The van der Waals surface area contributed by atoms with Crippen LogP contribution in [0.4, 0.5) is 13.2 Å². The molecule has 82 valence electrons. The highest BCUT2D eigenvalue weighted by Crippen LogP contribution is 2.36. The number of aliphatic hydroxyl groups excluding tert-OH is 1. The molecule has 3 nitrogen and oxygen atoms in total. The van der Waals surface area contributed by atoms with Crippen LogP contribution in [0.5, 0.6) is 0 Å². The average Bonchev–Trinajstić information content (AvgIpc) is 2.46. The van der Waals surface area contributed by atoms with Gasteiger partial charge in [0.05, 0.1) is 16.7 Å². The van der Waals surface area contributed by atoms with E-state index in [9.17, 15) is 23.1 Å². The fraction of sp³-hybridized carbons (Fsp3) is 0.500. The highest BCUT2D eigenvalue weighted by Gasteiger charge is 2.38. The molecule has 1 aromatic heterocycles. The van der Waals surface area contributed by atoms with Gasteiger partial charge in [-0.15, -0.1) is 11.3 Å². The number of nitrogens with zero attached hydrogens (tertiary/aromatic N) is 1. The molecule has 0 fully saturated rings. The normalized spacial score (nSPS) is 21.6. The number of alkyl halides is 3. The summed E-state index contributed by atoms with van der Waals surface area (Å²) in [5.41, 5.74) is 0.0658. The predicted molar refractivity (Wildman–Crippen MR) is 45.8 cm³/mol. The van der Waals surface area contributed by atoms with Crippen LogP contribution >= 0.6 is 11.3 Å². The van der Waals surface area contributed by atoms with E-state index in [-0.39, 0.29) is 23.4 Å². The standard InChI is InChI=1S/C8H6F3NO2S/c9-8(10,11)7-12-4-1-3(13)2-5(14)6(4)15-7/h3,13H,1-2H2. The van der Waals surface area contributed by atoms with E-state index in [1.807, 2.05) is 0 Å². The van der Waals surface area contributed by atoms with Gasteiger partial charge >= 0.3 is 6.18 Å². The lowest BCUT2D eigenvalue weighted by Crippen LogP contribution is -2.22. The fourth-order valence-electron chi connectivity index (χ4n) is 1.43. The number of halogens is 3. The minimum absolute atomic E-state index is 0.0215. The van der Waals surface area contributed by atoms with Crippen molar-refractivity contribution >= 4 is 17.1 Å². The third kappa shape index (κ3) is 1.89. The Morgan fingerprint density at radius 1 is 1.40 bits per heavy atom. The van der Waals surface area contributed by atoms with Crippen molar-refractivity contribution in [2.24, 2.45) is 0 Å². The molecule has 1 aliphatic carbocycles. The number of hydrogen-bond donors (Lipinski definition) is 1. The molecule has 0 aromatic carbocycles. The van der Waals surface area contributed by atoms with Crippen LogP contribution in [0, 0.1) is 0 Å². The lowest BCUT2D eigenvalue weighted by atomic mass is 9.99. The van der Waals surface area contributed by atoms with Crippen LogP contribution in [0.3, 0.4) is 0 Å². The van der Waals surface area contributed by atoms with E-state index in [1.165, 1.54) is 0 Å². The first-order valence-electron chi connectivity index (χ1n) is 4.16. The van der Waals surface area contributed by atoms with E-state index >= 15 is 0 Å². The van der Waals surface area contributed by atoms with E-state index in [0.29, 0.717) is 11.3 Å². The van der Waals surface area contributed by atoms with E-state index in [2.05, 4.69) is 4.98 Å². The molecule has 0 aliphatic heterocycles. The van der Waals surface area contributed by atoms with E-state index in [4.69, 9.17) is 0 Å². The van der Waals surface area contributed by atoms with Crippen molar-refractivity contribution in [2.45, 2.75) is 25.1 Å². The summed E-state index contributed by atoms with van der Waals surface area (Å²) in [5.74, 6) is -0.461. The molecule has 0 saturated heterocycles. The molecular weight excluding hydrogens is 231 g/mol. The zero-order valence-corrected chi connectivity index (χ0v) is 8.15. The molecule has 0 saturated carbocycles. The lowest BCUT2D eigenvalue weighted by molar-refractivity contribution is -0.137. The van der Waals surface area contributed by atoms with Gasteiger partial charge in [0.15, 0.2) is 10.8 Å². The number of fused-ring (bicyclic) bond motifs is 1. The minimum Gasteiger partial charge on any atom is -0.392 e. The molecule has 1 aromatic rings. The monoisotopic (exact) mass is 237 g/mol. The first kappa shape index (κ1) is 10.6.